The molecule has 2 unspecified atom stereocenters. The Morgan fingerprint density at radius 1 is 0.325 bits per heavy atom. The molecule has 492 valence electrons. The molecule has 6 heteroatoms. The number of esters is 1. The molecule has 0 spiro atoms. The number of carbonyl (C=O) groups excluding carboxylic acids is 2. The highest BCUT2D eigenvalue weighted by atomic mass is 16.5. The molecule has 0 aliphatic carbocycles. The average Bonchev–Trinajstić information content (AvgIpc) is 3.49. The van der Waals surface area contributed by atoms with E-state index in [0.717, 1.165) is 38.5 Å². The number of rotatable bonds is 72. The molecule has 0 heterocycles. The summed E-state index contributed by atoms with van der Waals surface area (Å²) in [6.45, 7) is 4.96. The molecule has 0 aromatic carbocycles. The molecule has 0 bridgehead atoms. The minimum absolute atomic E-state index is 0.0218. The summed E-state index contributed by atoms with van der Waals surface area (Å²) in [5, 5.41) is 23.2. The molecular weight excluding hydrogens is 1020 g/mol. The van der Waals surface area contributed by atoms with Crippen LogP contribution in [0.2, 0.25) is 0 Å². The maximum atomic E-state index is 12.5. The van der Waals surface area contributed by atoms with Crippen molar-refractivity contribution >= 4 is 11.9 Å². The third kappa shape index (κ3) is 69.3. The van der Waals surface area contributed by atoms with Crippen molar-refractivity contribution in [1.29, 1.82) is 0 Å². The zero-order chi connectivity index (χ0) is 59.9. The highest BCUT2D eigenvalue weighted by Crippen LogP contribution is 2.19. The van der Waals surface area contributed by atoms with Crippen molar-refractivity contribution in [3.8, 4) is 0 Å². The van der Waals surface area contributed by atoms with Crippen LogP contribution < -0.4 is 5.32 Å². The maximum absolute atomic E-state index is 12.5. The fourth-order valence-corrected chi connectivity index (χ4v) is 12.2. The fourth-order valence-electron chi connectivity index (χ4n) is 12.2. The lowest BCUT2D eigenvalue weighted by molar-refractivity contribution is -0.143. The van der Waals surface area contributed by atoms with E-state index >= 15 is 0 Å². The zero-order valence-electron chi connectivity index (χ0n) is 56.5. The lowest BCUT2D eigenvalue weighted by atomic mass is 10.0. The standard InChI is InChI=1S/C77H149NO5/c1-3-5-7-9-11-13-15-17-19-21-35-38-41-45-49-53-57-61-65-69-75(80)74(73-79)78-76(81)70-66-62-58-54-50-46-42-39-36-33-31-29-27-25-23-22-24-26-28-30-32-34-37-40-44-48-52-56-60-64-68-72-83-77(82)71-67-63-59-55-51-47-43-20-18-16-14-12-10-8-6-4-2/h24,26,65,69,74-75,79-80H,3-23,25,27-64,66-68,70-73H2,1-2H3,(H,78,81)/b26-24-,69-65+. The minimum Gasteiger partial charge on any atom is -0.466 e. The number of amides is 1. The first-order chi connectivity index (χ1) is 41.0. The average molecular weight is 1170 g/mol. The lowest BCUT2D eigenvalue weighted by Gasteiger charge is -2.20. The second-order valence-electron chi connectivity index (χ2n) is 26.3. The van der Waals surface area contributed by atoms with E-state index in [-0.39, 0.29) is 18.5 Å². The molecule has 0 aromatic heterocycles. The number of hydrogen-bond donors (Lipinski definition) is 3. The number of nitrogens with one attached hydrogen (secondary N) is 1. The monoisotopic (exact) mass is 1170 g/mol. The molecule has 0 saturated carbocycles. The Morgan fingerprint density at radius 2 is 0.566 bits per heavy atom. The van der Waals surface area contributed by atoms with Gasteiger partial charge in [0.05, 0.1) is 25.4 Å². The van der Waals surface area contributed by atoms with Gasteiger partial charge in [-0.3, -0.25) is 9.59 Å². The molecule has 0 fully saturated rings. The van der Waals surface area contributed by atoms with Crippen molar-refractivity contribution in [1.82, 2.24) is 5.32 Å². The van der Waals surface area contributed by atoms with Crippen molar-refractivity contribution < 1.29 is 24.5 Å². The van der Waals surface area contributed by atoms with Gasteiger partial charge in [0, 0.05) is 12.8 Å². The van der Waals surface area contributed by atoms with E-state index in [0.29, 0.717) is 19.4 Å². The zero-order valence-corrected chi connectivity index (χ0v) is 56.5. The Kier molecular flexibility index (Phi) is 71.4. The summed E-state index contributed by atoms with van der Waals surface area (Å²) < 4.78 is 5.51. The Bertz CT molecular complexity index is 1300. The molecule has 1 amide bonds. The van der Waals surface area contributed by atoms with E-state index in [1.165, 1.54) is 366 Å². The number of carbonyl (C=O) groups is 2. The van der Waals surface area contributed by atoms with Crippen LogP contribution >= 0.6 is 0 Å². The Hall–Kier alpha value is -1.66. The third-order valence-electron chi connectivity index (χ3n) is 18.0. The van der Waals surface area contributed by atoms with E-state index in [1.807, 2.05) is 6.08 Å². The van der Waals surface area contributed by atoms with E-state index in [1.54, 1.807) is 6.08 Å². The van der Waals surface area contributed by atoms with Crippen molar-refractivity contribution in [2.24, 2.45) is 0 Å². The van der Waals surface area contributed by atoms with E-state index < -0.39 is 12.1 Å². The lowest BCUT2D eigenvalue weighted by Crippen LogP contribution is -2.45. The molecule has 0 aromatic rings. The topological polar surface area (TPSA) is 95.9 Å². The molecule has 0 rings (SSSR count). The minimum atomic E-state index is -0.843. The van der Waals surface area contributed by atoms with Gasteiger partial charge in [0.15, 0.2) is 0 Å². The molecule has 3 N–H and O–H groups in total. The Balaban J connectivity index is 3.37. The number of aliphatic hydroxyl groups excluding tert-OH is 2. The first-order valence-corrected chi connectivity index (χ1v) is 38.1. The quantitative estimate of drug-likeness (QED) is 0.0320. The molecule has 0 aliphatic rings. The summed E-state index contributed by atoms with van der Waals surface area (Å²) in [7, 11) is 0. The summed E-state index contributed by atoms with van der Waals surface area (Å²) in [5.74, 6) is -0.0400. The van der Waals surface area contributed by atoms with E-state index in [9.17, 15) is 19.8 Å². The van der Waals surface area contributed by atoms with Crippen LogP contribution in [0.5, 0.6) is 0 Å². The molecule has 83 heavy (non-hydrogen) atoms. The summed E-state index contributed by atoms with van der Waals surface area (Å²) in [6.07, 6.45) is 92.8. The molecule has 0 radical (unpaired) electrons. The number of ether oxygens (including phenoxy) is 1. The van der Waals surface area contributed by atoms with Gasteiger partial charge in [-0.15, -0.1) is 0 Å². The predicted molar refractivity (Wildman–Crippen MR) is 366 cm³/mol. The van der Waals surface area contributed by atoms with Crippen LogP contribution in [0.25, 0.3) is 0 Å². The van der Waals surface area contributed by atoms with Crippen LogP contribution in [-0.2, 0) is 14.3 Å². The summed E-state index contributed by atoms with van der Waals surface area (Å²) in [5.41, 5.74) is 0. The third-order valence-corrected chi connectivity index (χ3v) is 18.0. The molecule has 0 aliphatic heterocycles. The SMILES string of the molecule is CCCCCCCCCCCCCCCCCCC/C=C/C(O)C(CO)NC(=O)CCCCCCCCCCCCCCCCC/C=C\CCCCCCCCCCCCCCOC(=O)CCCCCCCCCCCCCCCCCC. The summed E-state index contributed by atoms with van der Waals surface area (Å²) in [4.78, 5) is 24.6. The maximum Gasteiger partial charge on any atom is 0.305 e. The van der Waals surface area contributed by atoms with Crippen LogP contribution in [0, 0.1) is 0 Å². The van der Waals surface area contributed by atoms with Crippen LogP contribution in [-0.4, -0.2) is 47.4 Å². The van der Waals surface area contributed by atoms with Gasteiger partial charge in [-0.2, -0.15) is 0 Å². The van der Waals surface area contributed by atoms with Gasteiger partial charge < -0.3 is 20.3 Å². The second-order valence-corrected chi connectivity index (χ2v) is 26.3. The van der Waals surface area contributed by atoms with Gasteiger partial charge in [-0.25, -0.2) is 0 Å². The van der Waals surface area contributed by atoms with Crippen LogP contribution in [0.4, 0.5) is 0 Å². The van der Waals surface area contributed by atoms with Crippen molar-refractivity contribution in [3.63, 3.8) is 0 Å². The predicted octanol–water partition coefficient (Wildman–Crippen LogP) is 24.9. The van der Waals surface area contributed by atoms with Crippen LogP contribution in [0.15, 0.2) is 24.3 Å². The highest BCUT2D eigenvalue weighted by Gasteiger charge is 2.18. The number of aliphatic hydroxyl groups is 2. The van der Waals surface area contributed by atoms with E-state index in [4.69, 9.17) is 4.74 Å². The molecular formula is C77H149NO5. The van der Waals surface area contributed by atoms with Gasteiger partial charge in [0.25, 0.3) is 0 Å². The fraction of sp³-hybridized carbons (Fsp3) is 0.922. The number of hydrogen-bond acceptors (Lipinski definition) is 5. The number of allylic oxidation sites excluding steroid dienone is 3. The first-order valence-electron chi connectivity index (χ1n) is 38.1. The Labute approximate surface area is 520 Å². The smallest absolute Gasteiger partial charge is 0.305 e. The largest absolute Gasteiger partial charge is 0.466 e. The van der Waals surface area contributed by atoms with Crippen molar-refractivity contribution in [2.45, 2.75) is 443 Å². The molecule has 2 atom stereocenters. The normalized spacial score (nSPS) is 12.6. The molecule has 6 nitrogen and oxygen atoms in total. The second kappa shape index (κ2) is 72.8. The van der Waals surface area contributed by atoms with Crippen molar-refractivity contribution in [2.75, 3.05) is 13.2 Å². The highest BCUT2D eigenvalue weighted by molar-refractivity contribution is 5.76. The molecule has 0 saturated heterocycles. The van der Waals surface area contributed by atoms with Crippen LogP contribution in [0.3, 0.4) is 0 Å². The van der Waals surface area contributed by atoms with E-state index in [2.05, 4.69) is 31.3 Å². The first kappa shape index (κ1) is 81.3. The van der Waals surface area contributed by atoms with Gasteiger partial charge in [0.2, 0.25) is 5.91 Å². The Morgan fingerprint density at radius 3 is 0.855 bits per heavy atom. The number of unbranched alkanes of at least 4 members (excludes halogenated alkanes) is 59. The van der Waals surface area contributed by atoms with Gasteiger partial charge in [0.1, 0.15) is 0 Å². The van der Waals surface area contributed by atoms with Gasteiger partial charge in [-0.1, -0.05) is 385 Å². The van der Waals surface area contributed by atoms with Gasteiger partial charge in [-0.05, 0) is 57.8 Å². The summed E-state index contributed by atoms with van der Waals surface area (Å²) in [6, 6.07) is -0.627. The van der Waals surface area contributed by atoms with Gasteiger partial charge >= 0.3 is 5.97 Å². The van der Waals surface area contributed by atoms with Crippen molar-refractivity contribution in [3.05, 3.63) is 24.3 Å². The van der Waals surface area contributed by atoms with Crippen LogP contribution in [0.1, 0.15) is 431 Å². The summed E-state index contributed by atoms with van der Waals surface area (Å²) >= 11 is 0.